The summed E-state index contributed by atoms with van der Waals surface area (Å²) in [7, 11) is 3.06. The summed E-state index contributed by atoms with van der Waals surface area (Å²) in [6.45, 7) is 1.66. The molecule has 1 N–H and O–H groups in total. The highest BCUT2D eigenvalue weighted by Crippen LogP contribution is 2.27. The first-order valence-corrected chi connectivity index (χ1v) is 7.72. The number of nitrogens with zero attached hydrogens (tertiary/aromatic N) is 2. The van der Waals surface area contributed by atoms with Gasteiger partial charge in [-0.05, 0) is 24.6 Å². The van der Waals surface area contributed by atoms with Crippen LogP contribution in [-0.2, 0) is 11.2 Å². The van der Waals surface area contributed by atoms with Crippen LogP contribution in [0.2, 0.25) is 0 Å². The number of hydrogen-bond donors (Lipinski definition) is 1. The van der Waals surface area contributed by atoms with Crippen LogP contribution in [0, 0.1) is 17.0 Å². The van der Waals surface area contributed by atoms with Crippen LogP contribution in [0.25, 0.3) is 0 Å². The van der Waals surface area contributed by atoms with Gasteiger partial charge in [0.15, 0.2) is 11.5 Å². The molecule has 0 radical (unpaired) electrons. The van der Waals surface area contributed by atoms with Gasteiger partial charge in [-0.25, -0.2) is 5.43 Å². The van der Waals surface area contributed by atoms with Gasteiger partial charge in [-0.15, -0.1) is 0 Å². The lowest BCUT2D eigenvalue weighted by Gasteiger charge is -2.09. The van der Waals surface area contributed by atoms with E-state index in [9.17, 15) is 14.9 Å². The summed E-state index contributed by atoms with van der Waals surface area (Å²) in [4.78, 5) is 22.5. The molecule has 0 atom stereocenters. The van der Waals surface area contributed by atoms with Gasteiger partial charge in [0, 0.05) is 17.2 Å². The highest BCUT2D eigenvalue weighted by Gasteiger charge is 2.10. The maximum Gasteiger partial charge on any atom is 0.272 e. The number of aryl methyl sites for hydroxylation is 1. The van der Waals surface area contributed by atoms with Crippen LogP contribution in [0.1, 0.15) is 16.7 Å². The Morgan fingerprint density at radius 1 is 1.19 bits per heavy atom. The molecule has 0 spiro atoms. The molecule has 136 valence electrons. The van der Waals surface area contributed by atoms with Gasteiger partial charge in [-0.3, -0.25) is 14.9 Å². The molecule has 1 amide bonds. The second kappa shape index (κ2) is 8.61. The van der Waals surface area contributed by atoms with Crippen molar-refractivity contribution in [1.29, 1.82) is 0 Å². The molecule has 0 unspecified atom stereocenters. The monoisotopic (exact) mass is 357 g/mol. The fourth-order valence-electron chi connectivity index (χ4n) is 2.30. The molecule has 26 heavy (non-hydrogen) atoms. The Labute approximate surface area is 150 Å². The van der Waals surface area contributed by atoms with Gasteiger partial charge in [0.1, 0.15) is 0 Å². The number of hydrazone groups is 1. The molecular formula is C18H19N3O5. The molecule has 2 rings (SSSR count). The van der Waals surface area contributed by atoms with Gasteiger partial charge in [0.2, 0.25) is 5.91 Å². The minimum atomic E-state index is -0.456. The zero-order valence-corrected chi connectivity index (χ0v) is 14.7. The Morgan fingerprint density at radius 3 is 2.58 bits per heavy atom. The van der Waals surface area contributed by atoms with Crippen LogP contribution >= 0.6 is 0 Å². The third-order valence-electron chi connectivity index (χ3n) is 3.65. The normalized spacial score (nSPS) is 10.6. The number of amides is 1. The molecule has 0 saturated carbocycles. The van der Waals surface area contributed by atoms with Crippen LogP contribution in [0.4, 0.5) is 5.69 Å². The number of methoxy groups -OCH3 is 2. The number of carbonyl (C=O) groups is 1. The van der Waals surface area contributed by atoms with Gasteiger partial charge in [-0.1, -0.05) is 18.2 Å². The Bertz CT molecular complexity index is 849. The van der Waals surface area contributed by atoms with E-state index in [0.29, 0.717) is 22.6 Å². The number of benzene rings is 2. The maximum absolute atomic E-state index is 12.0. The Hall–Kier alpha value is -3.42. The fraction of sp³-hybridized carbons (Fsp3) is 0.222. The smallest absolute Gasteiger partial charge is 0.272 e. The van der Waals surface area contributed by atoms with Crippen molar-refractivity contribution in [3.05, 3.63) is 63.2 Å². The van der Waals surface area contributed by atoms with E-state index in [-0.39, 0.29) is 18.0 Å². The fourth-order valence-corrected chi connectivity index (χ4v) is 2.30. The van der Waals surface area contributed by atoms with Crippen molar-refractivity contribution in [3.63, 3.8) is 0 Å². The predicted octanol–water partition coefficient (Wildman–Crippen LogP) is 2.61. The molecule has 0 aliphatic carbocycles. The molecule has 0 aromatic heterocycles. The number of rotatable bonds is 7. The van der Waals surface area contributed by atoms with Crippen LogP contribution in [0.15, 0.2) is 41.5 Å². The summed E-state index contributed by atoms with van der Waals surface area (Å²) < 4.78 is 10.3. The molecule has 2 aromatic rings. The van der Waals surface area contributed by atoms with Crippen molar-refractivity contribution in [2.45, 2.75) is 13.3 Å². The topological polar surface area (TPSA) is 103 Å². The van der Waals surface area contributed by atoms with E-state index in [4.69, 9.17) is 9.47 Å². The van der Waals surface area contributed by atoms with Crippen molar-refractivity contribution < 1.29 is 19.2 Å². The SMILES string of the molecule is COc1ccc(CC(=O)N/N=C/c2ccc(C)c([N+](=O)[O-])c2)cc1OC. The zero-order valence-electron chi connectivity index (χ0n) is 14.7. The highest BCUT2D eigenvalue weighted by atomic mass is 16.6. The first-order valence-electron chi connectivity index (χ1n) is 7.72. The Morgan fingerprint density at radius 2 is 1.92 bits per heavy atom. The van der Waals surface area contributed by atoms with Crippen LogP contribution in [0.5, 0.6) is 11.5 Å². The second-order valence-corrected chi connectivity index (χ2v) is 5.46. The van der Waals surface area contributed by atoms with Gasteiger partial charge in [0.05, 0.1) is 31.8 Å². The number of carbonyl (C=O) groups excluding carboxylic acids is 1. The van der Waals surface area contributed by atoms with E-state index in [1.165, 1.54) is 26.5 Å². The summed E-state index contributed by atoms with van der Waals surface area (Å²) in [5.41, 5.74) is 4.22. The molecule has 8 heteroatoms. The van der Waals surface area contributed by atoms with Crippen LogP contribution in [-0.4, -0.2) is 31.3 Å². The molecule has 0 fully saturated rings. The molecule has 0 saturated heterocycles. The first kappa shape index (κ1) is 18.9. The summed E-state index contributed by atoms with van der Waals surface area (Å²) in [6.07, 6.45) is 1.46. The lowest BCUT2D eigenvalue weighted by molar-refractivity contribution is -0.385. The van der Waals surface area contributed by atoms with E-state index in [1.54, 1.807) is 37.3 Å². The van der Waals surface area contributed by atoms with Crippen LogP contribution < -0.4 is 14.9 Å². The van der Waals surface area contributed by atoms with Crippen LogP contribution in [0.3, 0.4) is 0 Å². The lowest BCUT2D eigenvalue weighted by Crippen LogP contribution is -2.19. The molecule has 0 aliphatic rings. The van der Waals surface area contributed by atoms with E-state index >= 15 is 0 Å². The third kappa shape index (κ3) is 4.79. The second-order valence-electron chi connectivity index (χ2n) is 5.46. The first-order chi connectivity index (χ1) is 12.4. The van der Waals surface area contributed by atoms with Gasteiger partial charge >= 0.3 is 0 Å². The average Bonchev–Trinajstić information content (AvgIpc) is 2.62. The minimum absolute atomic E-state index is 0.00519. The summed E-state index contributed by atoms with van der Waals surface area (Å²) in [5, 5.41) is 14.8. The summed E-state index contributed by atoms with van der Waals surface area (Å²) in [5.74, 6) is 0.791. The molecule has 0 bridgehead atoms. The van der Waals surface area contributed by atoms with E-state index in [2.05, 4.69) is 10.5 Å². The van der Waals surface area contributed by atoms with Crippen molar-refractivity contribution >= 4 is 17.8 Å². The Kier molecular flexibility index (Phi) is 6.26. The van der Waals surface area contributed by atoms with E-state index < -0.39 is 4.92 Å². The number of ether oxygens (including phenoxy) is 2. The molecule has 0 aliphatic heterocycles. The molecule has 8 nitrogen and oxygen atoms in total. The lowest BCUT2D eigenvalue weighted by atomic mass is 10.1. The minimum Gasteiger partial charge on any atom is -0.493 e. The number of nitro benzene ring substituents is 1. The number of hydrogen-bond acceptors (Lipinski definition) is 6. The largest absolute Gasteiger partial charge is 0.493 e. The molecular weight excluding hydrogens is 338 g/mol. The molecule has 0 heterocycles. The van der Waals surface area contributed by atoms with Crippen molar-refractivity contribution in [2.75, 3.05) is 14.2 Å². The van der Waals surface area contributed by atoms with Gasteiger partial charge in [0.25, 0.3) is 5.69 Å². The third-order valence-corrected chi connectivity index (χ3v) is 3.65. The standard InChI is InChI=1S/C18H19N3O5/c1-12-4-5-14(8-15(12)21(23)24)11-19-20-18(22)10-13-6-7-16(25-2)17(9-13)26-3/h4-9,11H,10H2,1-3H3,(H,20,22)/b19-11+. The van der Waals surface area contributed by atoms with Crippen molar-refractivity contribution in [3.8, 4) is 11.5 Å². The van der Waals surface area contributed by atoms with E-state index in [1.807, 2.05) is 0 Å². The Balaban J connectivity index is 1.99. The van der Waals surface area contributed by atoms with Gasteiger partial charge < -0.3 is 9.47 Å². The van der Waals surface area contributed by atoms with Crippen molar-refractivity contribution in [1.82, 2.24) is 5.43 Å². The number of nitro groups is 1. The average molecular weight is 357 g/mol. The van der Waals surface area contributed by atoms with E-state index in [0.717, 1.165) is 5.56 Å². The quantitative estimate of drug-likeness (QED) is 0.466. The summed E-state index contributed by atoms with van der Waals surface area (Å²) in [6, 6.07) is 9.91. The maximum atomic E-state index is 12.0. The van der Waals surface area contributed by atoms with Gasteiger partial charge in [-0.2, -0.15) is 5.10 Å². The number of nitrogens with one attached hydrogen (secondary N) is 1. The predicted molar refractivity (Wildman–Crippen MR) is 96.8 cm³/mol. The highest BCUT2D eigenvalue weighted by molar-refractivity contribution is 5.84. The molecule has 2 aromatic carbocycles. The zero-order chi connectivity index (χ0) is 19.1. The summed E-state index contributed by atoms with van der Waals surface area (Å²) >= 11 is 0. The van der Waals surface area contributed by atoms with Crippen molar-refractivity contribution in [2.24, 2.45) is 5.10 Å².